The average Bonchev–Trinajstić information content (AvgIpc) is 2.46. The quantitative estimate of drug-likeness (QED) is 0.639. The van der Waals surface area contributed by atoms with Crippen LogP contribution >= 0.6 is 0 Å². The van der Waals surface area contributed by atoms with E-state index in [0.717, 1.165) is 6.08 Å². The highest BCUT2D eigenvalue weighted by Crippen LogP contribution is 2.17. The van der Waals surface area contributed by atoms with E-state index >= 15 is 0 Å². The number of nitrogens with one attached hydrogen (secondary N) is 1. The third kappa shape index (κ3) is 4.34. The second-order valence-corrected chi connectivity index (χ2v) is 3.43. The Morgan fingerprint density at radius 1 is 1.05 bits per heavy atom. The summed E-state index contributed by atoms with van der Waals surface area (Å²) in [5.41, 5.74) is 0.598. The molecule has 1 N–H and O–H groups in total. The van der Waals surface area contributed by atoms with E-state index in [1.807, 2.05) is 0 Å². The van der Waals surface area contributed by atoms with Crippen molar-refractivity contribution in [2.45, 2.75) is 0 Å². The van der Waals surface area contributed by atoms with Crippen molar-refractivity contribution in [2.75, 3.05) is 26.6 Å². The van der Waals surface area contributed by atoms with Crippen LogP contribution in [0.2, 0.25) is 0 Å². The van der Waals surface area contributed by atoms with E-state index in [1.54, 1.807) is 31.4 Å². The fraction of sp³-hybridized carbons (Fsp3) is 0.231. The topological polar surface area (TPSA) is 73.9 Å². The average molecular weight is 265 g/mol. The van der Waals surface area contributed by atoms with Gasteiger partial charge in [-0.15, -0.1) is 0 Å². The van der Waals surface area contributed by atoms with Crippen molar-refractivity contribution in [1.82, 2.24) is 0 Å². The molecule has 0 aromatic heterocycles. The first-order valence-corrected chi connectivity index (χ1v) is 5.39. The van der Waals surface area contributed by atoms with Crippen molar-refractivity contribution in [2.24, 2.45) is 0 Å². The monoisotopic (exact) mass is 265 g/mol. The van der Waals surface area contributed by atoms with Gasteiger partial charge in [0.25, 0.3) is 0 Å². The van der Waals surface area contributed by atoms with E-state index in [-0.39, 0.29) is 5.70 Å². The Morgan fingerprint density at radius 2 is 1.68 bits per heavy atom. The molecule has 0 aliphatic carbocycles. The molecule has 1 aromatic carbocycles. The third-order valence-corrected chi connectivity index (χ3v) is 2.24. The van der Waals surface area contributed by atoms with Crippen LogP contribution in [0.5, 0.6) is 5.75 Å². The highest BCUT2D eigenvalue weighted by molar-refractivity contribution is 5.98. The minimum atomic E-state index is -0.666. The highest BCUT2D eigenvalue weighted by atomic mass is 16.5. The highest BCUT2D eigenvalue weighted by Gasteiger charge is 2.12. The summed E-state index contributed by atoms with van der Waals surface area (Å²) >= 11 is 0. The number of hydrogen-bond donors (Lipinski definition) is 1. The summed E-state index contributed by atoms with van der Waals surface area (Å²) in [6.07, 6.45) is 1.02. The van der Waals surface area contributed by atoms with E-state index in [0.29, 0.717) is 11.4 Å². The van der Waals surface area contributed by atoms with Crippen LogP contribution in [0, 0.1) is 0 Å². The molecule has 0 spiro atoms. The lowest BCUT2D eigenvalue weighted by molar-refractivity contribution is -0.138. The SMILES string of the molecule is COC(=O)/C=C(\Nc1ccc(OC)cc1)C(=O)OC. The van der Waals surface area contributed by atoms with Crippen LogP contribution in [0.3, 0.4) is 0 Å². The van der Waals surface area contributed by atoms with Gasteiger partial charge in [-0.25, -0.2) is 9.59 Å². The van der Waals surface area contributed by atoms with Gasteiger partial charge in [0.2, 0.25) is 0 Å². The minimum Gasteiger partial charge on any atom is -0.497 e. The predicted octanol–water partition coefficient (Wildman–Crippen LogP) is 1.34. The van der Waals surface area contributed by atoms with Gasteiger partial charge in [-0.3, -0.25) is 0 Å². The van der Waals surface area contributed by atoms with E-state index in [4.69, 9.17) is 4.74 Å². The lowest BCUT2D eigenvalue weighted by Crippen LogP contribution is -2.15. The number of anilines is 1. The number of benzene rings is 1. The van der Waals surface area contributed by atoms with Gasteiger partial charge < -0.3 is 19.5 Å². The third-order valence-electron chi connectivity index (χ3n) is 2.24. The van der Waals surface area contributed by atoms with Crippen LogP contribution in [-0.2, 0) is 19.1 Å². The van der Waals surface area contributed by atoms with E-state index < -0.39 is 11.9 Å². The summed E-state index contributed by atoms with van der Waals surface area (Å²) < 4.78 is 14.1. The molecule has 102 valence electrons. The first-order valence-electron chi connectivity index (χ1n) is 5.39. The fourth-order valence-corrected chi connectivity index (χ4v) is 1.26. The van der Waals surface area contributed by atoms with E-state index in [9.17, 15) is 9.59 Å². The Hall–Kier alpha value is -2.50. The number of esters is 2. The Balaban J connectivity index is 2.90. The van der Waals surface area contributed by atoms with Crippen molar-refractivity contribution < 1.29 is 23.8 Å². The van der Waals surface area contributed by atoms with Crippen LogP contribution in [0.25, 0.3) is 0 Å². The molecule has 6 heteroatoms. The Bertz CT molecular complexity index is 478. The predicted molar refractivity (Wildman–Crippen MR) is 68.7 cm³/mol. The molecule has 0 amide bonds. The summed E-state index contributed by atoms with van der Waals surface area (Å²) in [5, 5.41) is 2.78. The molecule has 0 fully saturated rings. The molecule has 0 saturated carbocycles. The number of methoxy groups -OCH3 is 3. The maximum absolute atomic E-state index is 11.5. The van der Waals surface area contributed by atoms with Crippen LogP contribution in [0.15, 0.2) is 36.0 Å². The fourth-order valence-electron chi connectivity index (χ4n) is 1.26. The second-order valence-electron chi connectivity index (χ2n) is 3.43. The maximum Gasteiger partial charge on any atom is 0.354 e. The summed E-state index contributed by atoms with van der Waals surface area (Å²) in [6, 6.07) is 6.84. The van der Waals surface area contributed by atoms with Gasteiger partial charge in [0.1, 0.15) is 11.4 Å². The Labute approximate surface area is 111 Å². The zero-order chi connectivity index (χ0) is 14.3. The molecule has 0 atom stereocenters. The smallest absolute Gasteiger partial charge is 0.354 e. The Morgan fingerprint density at radius 3 is 2.16 bits per heavy atom. The van der Waals surface area contributed by atoms with Gasteiger partial charge in [0.15, 0.2) is 0 Å². The van der Waals surface area contributed by atoms with Crippen LogP contribution < -0.4 is 10.1 Å². The molecular formula is C13H15NO5. The molecule has 0 aliphatic heterocycles. The van der Waals surface area contributed by atoms with E-state index in [1.165, 1.54) is 14.2 Å². The second kappa shape index (κ2) is 7.05. The molecule has 1 rings (SSSR count). The van der Waals surface area contributed by atoms with Crippen LogP contribution in [0.1, 0.15) is 0 Å². The minimum absolute atomic E-state index is 0.0143. The van der Waals surface area contributed by atoms with Crippen molar-refractivity contribution in [3.63, 3.8) is 0 Å². The number of rotatable bonds is 5. The largest absolute Gasteiger partial charge is 0.497 e. The van der Waals surface area contributed by atoms with Gasteiger partial charge in [-0.2, -0.15) is 0 Å². The first-order chi connectivity index (χ1) is 9.10. The molecule has 0 unspecified atom stereocenters. The van der Waals surface area contributed by atoms with Crippen molar-refractivity contribution in [3.8, 4) is 5.75 Å². The zero-order valence-electron chi connectivity index (χ0n) is 10.9. The molecule has 0 bridgehead atoms. The molecule has 19 heavy (non-hydrogen) atoms. The standard InChI is InChI=1S/C13H15NO5/c1-17-10-6-4-9(5-7-10)14-11(13(16)19-3)8-12(15)18-2/h4-8,14H,1-3H3/b11-8-. The summed E-state index contributed by atoms with van der Waals surface area (Å²) in [4.78, 5) is 22.7. The van der Waals surface area contributed by atoms with Crippen LogP contribution in [-0.4, -0.2) is 33.3 Å². The molecule has 6 nitrogen and oxygen atoms in total. The number of ether oxygens (including phenoxy) is 3. The summed E-state index contributed by atoms with van der Waals surface area (Å²) in [5.74, 6) is -0.634. The number of hydrogen-bond acceptors (Lipinski definition) is 6. The zero-order valence-corrected chi connectivity index (χ0v) is 10.9. The van der Waals surface area contributed by atoms with Crippen LogP contribution in [0.4, 0.5) is 5.69 Å². The first kappa shape index (κ1) is 14.6. The number of carbonyl (C=O) groups is 2. The maximum atomic E-state index is 11.5. The lowest BCUT2D eigenvalue weighted by atomic mass is 10.3. The number of carbonyl (C=O) groups excluding carboxylic acids is 2. The van der Waals surface area contributed by atoms with Gasteiger partial charge in [-0.1, -0.05) is 0 Å². The summed E-state index contributed by atoms with van der Waals surface area (Å²) in [6.45, 7) is 0. The molecule has 0 saturated heterocycles. The van der Waals surface area contributed by atoms with Gasteiger partial charge in [0.05, 0.1) is 27.4 Å². The normalized spacial score (nSPS) is 10.6. The molecule has 0 radical (unpaired) electrons. The van der Waals surface area contributed by atoms with Crippen molar-refractivity contribution in [1.29, 1.82) is 0 Å². The van der Waals surface area contributed by atoms with Gasteiger partial charge in [0, 0.05) is 5.69 Å². The van der Waals surface area contributed by atoms with Gasteiger partial charge >= 0.3 is 11.9 Å². The Kier molecular flexibility index (Phi) is 5.40. The summed E-state index contributed by atoms with van der Waals surface area (Å²) in [7, 11) is 4.00. The lowest BCUT2D eigenvalue weighted by Gasteiger charge is -2.09. The molecule has 0 aliphatic rings. The van der Waals surface area contributed by atoms with Gasteiger partial charge in [-0.05, 0) is 24.3 Å². The van der Waals surface area contributed by atoms with E-state index in [2.05, 4.69) is 14.8 Å². The van der Waals surface area contributed by atoms with Crippen molar-refractivity contribution >= 4 is 17.6 Å². The molecular weight excluding hydrogens is 250 g/mol. The molecule has 0 heterocycles. The molecule has 1 aromatic rings. The van der Waals surface area contributed by atoms with Crippen molar-refractivity contribution in [3.05, 3.63) is 36.0 Å².